The van der Waals surface area contributed by atoms with Crippen molar-refractivity contribution in [1.82, 2.24) is 19.8 Å². The summed E-state index contributed by atoms with van der Waals surface area (Å²) in [6.07, 6.45) is -0.357. The van der Waals surface area contributed by atoms with Gasteiger partial charge in [-0.25, -0.2) is 9.18 Å². The first-order valence-corrected chi connectivity index (χ1v) is 13.7. The fourth-order valence-electron chi connectivity index (χ4n) is 4.51. The van der Waals surface area contributed by atoms with Crippen LogP contribution in [-0.4, -0.2) is 96.1 Å². The van der Waals surface area contributed by atoms with Gasteiger partial charge in [0.05, 0.1) is 22.7 Å². The number of carbonyl (C=O) groups is 1. The molecule has 4 rings (SSSR count). The minimum Gasteiger partial charge on any atom is -0.462 e. The monoisotopic (exact) mass is 601 g/mol. The van der Waals surface area contributed by atoms with E-state index in [2.05, 4.69) is 25.8 Å². The summed E-state index contributed by atoms with van der Waals surface area (Å²) in [4.78, 5) is 27.9. The van der Waals surface area contributed by atoms with E-state index >= 15 is 4.39 Å². The van der Waals surface area contributed by atoms with Crippen molar-refractivity contribution < 1.29 is 23.4 Å². The third-order valence-corrected chi connectivity index (χ3v) is 7.72. The molecule has 0 spiro atoms. The SMILES string of the molecule is C[C@H]1CN(c2nc(OCCN3CCOCC3)nc3c(F)c(Br)c(Cl)cc23)[C@@H](C)CN1C(=O)OC(C)(C)C. The van der Waals surface area contributed by atoms with Crippen molar-refractivity contribution in [3.8, 4) is 6.01 Å². The van der Waals surface area contributed by atoms with Crippen LogP contribution in [0.5, 0.6) is 6.01 Å². The van der Waals surface area contributed by atoms with Gasteiger partial charge in [0.1, 0.15) is 23.5 Å². The number of fused-ring (bicyclic) bond motifs is 1. The van der Waals surface area contributed by atoms with Gasteiger partial charge < -0.3 is 24.0 Å². The van der Waals surface area contributed by atoms with Crippen LogP contribution in [-0.2, 0) is 9.47 Å². The molecule has 2 aromatic rings. The summed E-state index contributed by atoms with van der Waals surface area (Å²) in [6, 6.07) is 1.46. The lowest BCUT2D eigenvalue weighted by atomic mass is 10.1. The number of hydrogen-bond acceptors (Lipinski definition) is 8. The van der Waals surface area contributed by atoms with Crippen molar-refractivity contribution in [2.24, 2.45) is 0 Å². The fourth-order valence-corrected chi connectivity index (χ4v) is 5.00. The van der Waals surface area contributed by atoms with Gasteiger partial charge in [0, 0.05) is 50.2 Å². The van der Waals surface area contributed by atoms with E-state index in [1.807, 2.05) is 39.5 Å². The van der Waals surface area contributed by atoms with Crippen LogP contribution in [0.3, 0.4) is 0 Å². The molecule has 2 aliphatic heterocycles. The summed E-state index contributed by atoms with van der Waals surface area (Å²) in [7, 11) is 0. The number of ether oxygens (including phenoxy) is 3. The molecule has 0 radical (unpaired) electrons. The molecule has 2 saturated heterocycles. The number of carbonyl (C=O) groups excluding carboxylic acids is 1. The van der Waals surface area contributed by atoms with Crippen molar-refractivity contribution in [1.29, 1.82) is 0 Å². The standard InChI is InChI=1S/C25H34BrClFN5O4/c1-15-14-33(24(34)37-25(3,4)5)16(2)13-32(15)22-17-12-18(27)19(26)20(28)21(17)29-23(30-22)36-11-8-31-6-9-35-10-7-31/h12,15-16H,6-11,13-14H2,1-5H3/t15-,16-/m0/s1. The summed E-state index contributed by atoms with van der Waals surface area (Å²) in [5, 5.41) is 0.708. The number of morpholine rings is 1. The molecule has 12 heteroatoms. The van der Waals surface area contributed by atoms with E-state index in [-0.39, 0.29) is 39.2 Å². The second kappa shape index (κ2) is 11.4. The predicted octanol–water partition coefficient (Wildman–Crippen LogP) is 4.73. The lowest BCUT2D eigenvalue weighted by molar-refractivity contribution is 0.0129. The Kier molecular flexibility index (Phi) is 8.67. The van der Waals surface area contributed by atoms with Crippen molar-refractivity contribution in [3.05, 3.63) is 21.4 Å². The Morgan fingerprint density at radius 1 is 1.22 bits per heavy atom. The first kappa shape index (κ1) is 28.1. The number of amides is 1. The number of benzene rings is 1. The molecule has 204 valence electrons. The van der Waals surface area contributed by atoms with Gasteiger partial charge in [-0.1, -0.05) is 11.6 Å². The zero-order valence-corrected chi connectivity index (χ0v) is 24.2. The smallest absolute Gasteiger partial charge is 0.410 e. The third kappa shape index (κ3) is 6.55. The molecule has 37 heavy (non-hydrogen) atoms. The van der Waals surface area contributed by atoms with Gasteiger partial charge in [0.25, 0.3) is 0 Å². The Bertz CT molecular complexity index is 1140. The number of aromatic nitrogens is 2. The summed E-state index contributed by atoms with van der Waals surface area (Å²) < 4.78 is 32.4. The van der Waals surface area contributed by atoms with Crippen LogP contribution < -0.4 is 9.64 Å². The molecule has 1 aromatic carbocycles. The Hall–Kier alpha value is -1.95. The molecule has 2 aliphatic rings. The molecule has 1 aromatic heterocycles. The highest BCUT2D eigenvalue weighted by Gasteiger charge is 2.36. The van der Waals surface area contributed by atoms with Crippen LogP contribution in [0.4, 0.5) is 15.0 Å². The van der Waals surface area contributed by atoms with E-state index in [9.17, 15) is 4.79 Å². The zero-order valence-electron chi connectivity index (χ0n) is 21.9. The van der Waals surface area contributed by atoms with E-state index in [0.717, 1.165) is 13.1 Å². The highest BCUT2D eigenvalue weighted by molar-refractivity contribution is 9.10. The van der Waals surface area contributed by atoms with E-state index in [0.29, 0.717) is 50.7 Å². The number of piperazine rings is 1. The molecule has 2 atom stereocenters. The molecule has 0 N–H and O–H groups in total. The molecular formula is C25H34BrClFN5O4. The molecule has 2 fully saturated rings. The lowest BCUT2D eigenvalue weighted by Crippen LogP contribution is -2.59. The lowest BCUT2D eigenvalue weighted by Gasteiger charge is -2.44. The maximum atomic E-state index is 15.3. The fraction of sp³-hybridized carbons (Fsp3) is 0.640. The highest BCUT2D eigenvalue weighted by atomic mass is 79.9. The maximum Gasteiger partial charge on any atom is 0.410 e. The Morgan fingerprint density at radius 2 is 1.92 bits per heavy atom. The zero-order chi connectivity index (χ0) is 26.9. The average Bonchev–Trinajstić information content (AvgIpc) is 2.83. The van der Waals surface area contributed by atoms with Gasteiger partial charge in [-0.2, -0.15) is 9.97 Å². The second-order valence-corrected chi connectivity index (χ2v) is 11.7. The van der Waals surface area contributed by atoms with Crippen molar-refractivity contribution in [3.63, 3.8) is 0 Å². The maximum absolute atomic E-state index is 15.3. The molecule has 1 amide bonds. The molecule has 9 nitrogen and oxygen atoms in total. The van der Waals surface area contributed by atoms with Gasteiger partial charge in [-0.3, -0.25) is 4.90 Å². The largest absolute Gasteiger partial charge is 0.462 e. The molecule has 0 aliphatic carbocycles. The summed E-state index contributed by atoms with van der Waals surface area (Å²) in [5.74, 6) is -0.0554. The predicted molar refractivity (Wildman–Crippen MR) is 144 cm³/mol. The molecule has 3 heterocycles. The third-order valence-electron chi connectivity index (χ3n) is 6.41. The van der Waals surface area contributed by atoms with Crippen molar-refractivity contribution >= 4 is 50.3 Å². The molecule has 0 saturated carbocycles. The topological polar surface area (TPSA) is 80.3 Å². The highest BCUT2D eigenvalue weighted by Crippen LogP contribution is 2.37. The van der Waals surface area contributed by atoms with Crippen LogP contribution in [0, 0.1) is 5.82 Å². The van der Waals surface area contributed by atoms with Gasteiger partial charge in [-0.15, -0.1) is 0 Å². The number of rotatable bonds is 5. The van der Waals surface area contributed by atoms with E-state index in [4.69, 9.17) is 30.8 Å². The minimum absolute atomic E-state index is 0.0957. The van der Waals surface area contributed by atoms with Crippen LogP contribution in [0.2, 0.25) is 5.02 Å². The van der Waals surface area contributed by atoms with Crippen LogP contribution in [0.1, 0.15) is 34.6 Å². The van der Waals surface area contributed by atoms with Crippen molar-refractivity contribution in [2.45, 2.75) is 52.3 Å². The minimum atomic E-state index is -0.588. The average molecular weight is 603 g/mol. The van der Waals surface area contributed by atoms with E-state index < -0.39 is 11.4 Å². The summed E-state index contributed by atoms with van der Waals surface area (Å²) in [5.41, 5.74) is -0.466. The van der Waals surface area contributed by atoms with Gasteiger partial charge >= 0.3 is 12.1 Å². The number of halogens is 3. The Morgan fingerprint density at radius 3 is 2.59 bits per heavy atom. The first-order valence-electron chi connectivity index (χ1n) is 12.5. The van der Waals surface area contributed by atoms with Gasteiger partial charge in [-0.05, 0) is 56.6 Å². The number of anilines is 1. The number of hydrogen-bond donors (Lipinski definition) is 0. The normalized spacial score (nSPS) is 21.4. The van der Waals surface area contributed by atoms with Crippen molar-refractivity contribution in [2.75, 3.05) is 57.4 Å². The molecule has 0 bridgehead atoms. The second-order valence-electron chi connectivity index (χ2n) is 10.5. The summed E-state index contributed by atoms with van der Waals surface area (Å²) in [6.45, 7) is 14.5. The van der Waals surface area contributed by atoms with Gasteiger partial charge in [0.2, 0.25) is 0 Å². The Labute approximate surface area is 230 Å². The van der Waals surface area contributed by atoms with E-state index in [1.165, 1.54) is 0 Å². The molecular weight excluding hydrogens is 569 g/mol. The van der Waals surface area contributed by atoms with Crippen LogP contribution in [0.15, 0.2) is 10.5 Å². The van der Waals surface area contributed by atoms with Crippen LogP contribution in [0.25, 0.3) is 10.9 Å². The number of nitrogens with zero attached hydrogens (tertiary/aromatic N) is 5. The van der Waals surface area contributed by atoms with E-state index in [1.54, 1.807) is 11.0 Å². The van der Waals surface area contributed by atoms with Crippen LogP contribution >= 0.6 is 27.5 Å². The molecule has 0 unspecified atom stereocenters. The first-order chi connectivity index (χ1) is 17.4. The summed E-state index contributed by atoms with van der Waals surface area (Å²) >= 11 is 9.55. The quantitative estimate of drug-likeness (QED) is 0.455. The van der Waals surface area contributed by atoms with Gasteiger partial charge in [0.15, 0.2) is 5.82 Å². The Balaban J connectivity index is 1.62.